The van der Waals surface area contributed by atoms with Crippen molar-refractivity contribution in [2.24, 2.45) is 0 Å². The lowest BCUT2D eigenvalue weighted by Crippen LogP contribution is -2.41. The lowest BCUT2D eigenvalue weighted by atomic mass is 10.2. The molecule has 1 N–H and O–H groups in total. The SMILES string of the molecule is CC(C)N(CC(=O)O)C(=O)c1cc(Cl)ccn1. The molecule has 1 aromatic rings. The van der Waals surface area contributed by atoms with Crippen LogP contribution in [0.25, 0.3) is 0 Å². The number of carbonyl (C=O) groups excluding carboxylic acids is 1. The van der Waals surface area contributed by atoms with Gasteiger partial charge < -0.3 is 10.0 Å². The summed E-state index contributed by atoms with van der Waals surface area (Å²) >= 11 is 5.75. The third-order valence-corrected chi connectivity index (χ3v) is 2.37. The van der Waals surface area contributed by atoms with E-state index in [-0.39, 0.29) is 18.3 Å². The molecule has 5 nitrogen and oxygen atoms in total. The van der Waals surface area contributed by atoms with Crippen LogP contribution in [-0.2, 0) is 4.79 Å². The van der Waals surface area contributed by atoms with Crippen LogP contribution in [0.2, 0.25) is 5.02 Å². The van der Waals surface area contributed by atoms with E-state index in [1.165, 1.54) is 17.2 Å². The van der Waals surface area contributed by atoms with Crippen molar-refractivity contribution >= 4 is 23.5 Å². The minimum absolute atomic E-state index is 0.146. The van der Waals surface area contributed by atoms with Crippen LogP contribution in [0.4, 0.5) is 0 Å². The normalized spacial score (nSPS) is 10.4. The van der Waals surface area contributed by atoms with E-state index in [1.807, 2.05) is 0 Å². The maximum absolute atomic E-state index is 12.0. The molecule has 1 amide bonds. The highest BCUT2D eigenvalue weighted by Gasteiger charge is 2.22. The lowest BCUT2D eigenvalue weighted by Gasteiger charge is -2.24. The van der Waals surface area contributed by atoms with Gasteiger partial charge in [-0.1, -0.05) is 11.6 Å². The van der Waals surface area contributed by atoms with Crippen molar-refractivity contribution < 1.29 is 14.7 Å². The van der Waals surface area contributed by atoms with Crippen LogP contribution >= 0.6 is 11.6 Å². The van der Waals surface area contributed by atoms with Crippen molar-refractivity contribution in [2.75, 3.05) is 6.54 Å². The van der Waals surface area contributed by atoms with Crippen LogP contribution in [-0.4, -0.2) is 39.5 Å². The number of carboxylic acid groups (broad SMARTS) is 1. The zero-order valence-electron chi connectivity index (χ0n) is 9.55. The number of rotatable bonds is 4. The molecule has 0 fully saturated rings. The highest BCUT2D eigenvalue weighted by atomic mass is 35.5. The Kier molecular flexibility index (Phi) is 4.45. The molecule has 0 atom stereocenters. The molecular formula is C11H13ClN2O3. The summed E-state index contributed by atoms with van der Waals surface area (Å²) in [6.45, 7) is 3.13. The molecule has 0 aromatic carbocycles. The average molecular weight is 257 g/mol. The molecule has 17 heavy (non-hydrogen) atoms. The van der Waals surface area contributed by atoms with E-state index < -0.39 is 11.9 Å². The molecule has 1 aromatic heterocycles. The Hall–Kier alpha value is -1.62. The Morgan fingerprint density at radius 2 is 2.18 bits per heavy atom. The van der Waals surface area contributed by atoms with Gasteiger partial charge in [-0.05, 0) is 26.0 Å². The third-order valence-electron chi connectivity index (χ3n) is 2.13. The molecule has 6 heteroatoms. The Bertz CT molecular complexity index is 434. The zero-order chi connectivity index (χ0) is 13.0. The first-order valence-corrected chi connectivity index (χ1v) is 5.44. The zero-order valence-corrected chi connectivity index (χ0v) is 10.3. The molecule has 0 aliphatic rings. The quantitative estimate of drug-likeness (QED) is 0.890. The van der Waals surface area contributed by atoms with Crippen molar-refractivity contribution in [1.29, 1.82) is 0 Å². The number of aromatic nitrogens is 1. The Morgan fingerprint density at radius 3 is 2.65 bits per heavy atom. The smallest absolute Gasteiger partial charge is 0.323 e. The fraction of sp³-hybridized carbons (Fsp3) is 0.364. The average Bonchev–Trinajstić information content (AvgIpc) is 2.24. The highest BCUT2D eigenvalue weighted by molar-refractivity contribution is 6.30. The summed E-state index contributed by atoms with van der Waals surface area (Å²) in [5, 5.41) is 9.13. The third kappa shape index (κ3) is 3.71. The fourth-order valence-corrected chi connectivity index (χ4v) is 1.46. The summed E-state index contributed by atoms with van der Waals surface area (Å²) in [6.07, 6.45) is 1.41. The number of amides is 1. The number of carboxylic acids is 1. The molecule has 1 heterocycles. The lowest BCUT2D eigenvalue weighted by molar-refractivity contribution is -0.138. The molecule has 0 aliphatic carbocycles. The first-order valence-electron chi connectivity index (χ1n) is 5.06. The topological polar surface area (TPSA) is 70.5 Å². The van der Waals surface area contributed by atoms with Gasteiger partial charge in [0.2, 0.25) is 0 Å². The molecule has 0 spiro atoms. The number of nitrogens with zero attached hydrogens (tertiary/aromatic N) is 2. The predicted molar refractivity (Wildman–Crippen MR) is 63.1 cm³/mol. The number of aliphatic carboxylic acids is 1. The minimum atomic E-state index is -1.06. The van der Waals surface area contributed by atoms with E-state index in [0.717, 1.165) is 0 Å². The van der Waals surface area contributed by atoms with E-state index in [9.17, 15) is 9.59 Å². The van der Waals surface area contributed by atoms with Crippen molar-refractivity contribution in [3.8, 4) is 0 Å². The summed E-state index contributed by atoms with van der Waals surface area (Å²) in [4.78, 5) is 27.8. The van der Waals surface area contributed by atoms with E-state index in [1.54, 1.807) is 19.9 Å². The summed E-state index contributed by atoms with van der Waals surface area (Å²) in [5.41, 5.74) is 0.146. The van der Waals surface area contributed by atoms with Crippen molar-refractivity contribution in [3.63, 3.8) is 0 Å². The second-order valence-corrected chi connectivity index (χ2v) is 4.22. The Labute approximate surface area is 104 Å². The van der Waals surface area contributed by atoms with Crippen molar-refractivity contribution in [1.82, 2.24) is 9.88 Å². The van der Waals surface area contributed by atoms with Gasteiger partial charge in [-0.25, -0.2) is 0 Å². The molecule has 0 saturated carbocycles. The molecular weight excluding hydrogens is 244 g/mol. The summed E-state index contributed by atoms with van der Waals surface area (Å²) in [7, 11) is 0. The second kappa shape index (κ2) is 5.63. The van der Waals surface area contributed by atoms with Gasteiger partial charge in [0.1, 0.15) is 12.2 Å². The van der Waals surface area contributed by atoms with Gasteiger partial charge in [0, 0.05) is 17.3 Å². The van der Waals surface area contributed by atoms with Gasteiger partial charge in [-0.2, -0.15) is 0 Å². The number of halogens is 1. The maximum Gasteiger partial charge on any atom is 0.323 e. The van der Waals surface area contributed by atoms with Gasteiger partial charge in [0.25, 0.3) is 5.91 Å². The van der Waals surface area contributed by atoms with Crippen LogP contribution in [0.5, 0.6) is 0 Å². The van der Waals surface area contributed by atoms with E-state index in [4.69, 9.17) is 16.7 Å². The molecule has 0 saturated heterocycles. The molecule has 0 unspecified atom stereocenters. The number of carbonyl (C=O) groups is 2. The monoisotopic (exact) mass is 256 g/mol. The van der Waals surface area contributed by atoms with Gasteiger partial charge in [0.15, 0.2) is 0 Å². The van der Waals surface area contributed by atoms with Crippen LogP contribution in [0.3, 0.4) is 0 Å². The first kappa shape index (κ1) is 13.4. The Balaban J connectivity index is 2.95. The van der Waals surface area contributed by atoms with Gasteiger partial charge in [-0.15, -0.1) is 0 Å². The van der Waals surface area contributed by atoms with Crippen LogP contribution in [0.1, 0.15) is 24.3 Å². The fourth-order valence-electron chi connectivity index (χ4n) is 1.30. The second-order valence-electron chi connectivity index (χ2n) is 3.78. The van der Waals surface area contributed by atoms with Gasteiger partial charge in [0.05, 0.1) is 0 Å². The van der Waals surface area contributed by atoms with E-state index >= 15 is 0 Å². The van der Waals surface area contributed by atoms with Crippen molar-refractivity contribution in [3.05, 3.63) is 29.0 Å². The van der Waals surface area contributed by atoms with Crippen LogP contribution < -0.4 is 0 Å². The van der Waals surface area contributed by atoms with Gasteiger partial charge >= 0.3 is 5.97 Å². The Morgan fingerprint density at radius 1 is 1.53 bits per heavy atom. The number of pyridine rings is 1. The summed E-state index contributed by atoms with van der Waals surface area (Å²) in [5.74, 6) is -1.50. The molecule has 92 valence electrons. The van der Waals surface area contributed by atoms with Crippen LogP contribution in [0.15, 0.2) is 18.3 Å². The minimum Gasteiger partial charge on any atom is -0.480 e. The molecule has 0 aliphatic heterocycles. The summed E-state index contributed by atoms with van der Waals surface area (Å²) < 4.78 is 0. The van der Waals surface area contributed by atoms with Gasteiger partial charge in [-0.3, -0.25) is 14.6 Å². The largest absolute Gasteiger partial charge is 0.480 e. The maximum atomic E-state index is 12.0. The molecule has 0 bridgehead atoms. The molecule has 0 radical (unpaired) electrons. The standard InChI is InChI=1S/C11H13ClN2O3/c1-7(2)14(6-10(15)16)11(17)9-5-8(12)3-4-13-9/h3-5,7H,6H2,1-2H3,(H,15,16). The van der Waals surface area contributed by atoms with E-state index in [2.05, 4.69) is 4.98 Å². The number of hydrogen-bond donors (Lipinski definition) is 1. The summed E-state index contributed by atoms with van der Waals surface area (Å²) in [6, 6.07) is 2.75. The number of hydrogen-bond acceptors (Lipinski definition) is 3. The highest BCUT2D eigenvalue weighted by Crippen LogP contribution is 2.11. The van der Waals surface area contributed by atoms with Crippen LogP contribution in [0, 0.1) is 0 Å². The molecule has 1 rings (SSSR count). The predicted octanol–water partition coefficient (Wildman–Crippen LogP) is 1.67. The van der Waals surface area contributed by atoms with Crippen molar-refractivity contribution in [2.45, 2.75) is 19.9 Å². The first-order chi connectivity index (χ1) is 7.91. The van der Waals surface area contributed by atoms with E-state index in [0.29, 0.717) is 5.02 Å².